The molecule has 1 aliphatic heterocycles. The second kappa shape index (κ2) is 9.81. The SMILES string of the molecule is CCOc1ccc(C(NC(=O)C2CC(=O)Nc3cc(F)ccc32)C(C)C)cc1OCC. The number of hydrogen-bond donors (Lipinski definition) is 2. The molecule has 1 heterocycles. The molecular weight excluding hydrogens is 399 g/mol. The average molecular weight is 429 g/mol. The van der Waals surface area contributed by atoms with Crippen LogP contribution < -0.4 is 20.1 Å². The Bertz CT molecular complexity index is 961. The first-order valence-electron chi connectivity index (χ1n) is 10.6. The van der Waals surface area contributed by atoms with Gasteiger partial charge in [0, 0.05) is 12.1 Å². The minimum Gasteiger partial charge on any atom is -0.490 e. The van der Waals surface area contributed by atoms with E-state index in [1.165, 1.54) is 12.1 Å². The standard InChI is InChI=1S/C24H29FN2O4/c1-5-30-20-10-7-15(11-21(20)31-6-2)23(14(3)4)27-24(29)18-13-22(28)26-19-12-16(25)8-9-17(18)19/h7-12,14,18,23H,5-6,13H2,1-4H3,(H,26,28)(H,27,29). The number of halogens is 1. The summed E-state index contributed by atoms with van der Waals surface area (Å²) in [5.41, 5.74) is 1.84. The Labute approximate surface area is 182 Å². The van der Waals surface area contributed by atoms with E-state index >= 15 is 0 Å². The fourth-order valence-corrected chi connectivity index (χ4v) is 3.82. The molecule has 7 heteroatoms. The number of carbonyl (C=O) groups is 2. The van der Waals surface area contributed by atoms with Crippen molar-refractivity contribution >= 4 is 17.5 Å². The van der Waals surface area contributed by atoms with Crippen molar-refractivity contribution in [2.75, 3.05) is 18.5 Å². The van der Waals surface area contributed by atoms with Crippen LogP contribution in [0.25, 0.3) is 0 Å². The van der Waals surface area contributed by atoms with Gasteiger partial charge in [0.2, 0.25) is 11.8 Å². The molecule has 0 fully saturated rings. The van der Waals surface area contributed by atoms with E-state index in [1.807, 2.05) is 45.9 Å². The maximum atomic E-state index is 13.6. The summed E-state index contributed by atoms with van der Waals surface area (Å²) in [6.45, 7) is 8.85. The van der Waals surface area contributed by atoms with Crippen LogP contribution in [0, 0.1) is 11.7 Å². The Kier molecular flexibility index (Phi) is 7.15. The van der Waals surface area contributed by atoms with Crippen molar-refractivity contribution in [3.8, 4) is 11.5 Å². The predicted molar refractivity (Wildman–Crippen MR) is 117 cm³/mol. The number of ether oxygens (including phenoxy) is 2. The van der Waals surface area contributed by atoms with Gasteiger partial charge in [0.25, 0.3) is 0 Å². The molecule has 31 heavy (non-hydrogen) atoms. The van der Waals surface area contributed by atoms with Crippen molar-refractivity contribution in [2.24, 2.45) is 5.92 Å². The van der Waals surface area contributed by atoms with Crippen LogP contribution in [0.3, 0.4) is 0 Å². The minimum atomic E-state index is -0.681. The lowest BCUT2D eigenvalue weighted by atomic mass is 9.88. The van der Waals surface area contributed by atoms with Gasteiger partial charge in [0.05, 0.1) is 25.2 Å². The first-order chi connectivity index (χ1) is 14.8. The van der Waals surface area contributed by atoms with Gasteiger partial charge in [-0.3, -0.25) is 9.59 Å². The molecule has 0 spiro atoms. The van der Waals surface area contributed by atoms with Gasteiger partial charge < -0.3 is 20.1 Å². The smallest absolute Gasteiger partial charge is 0.228 e. The summed E-state index contributed by atoms with van der Waals surface area (Å²) in [5, 5.41) is 5.73. The second-order valence-corrected chi connectivity index (χ2v) is 7.84. The van der Waals surface area contributed by atoms with Crippen molar-refractivity contribution in [1.82, 2.24) is 5.32 Å². The normalized spacial score (nSPS) is 16.3. The van der Waals surface area contributed by atoms with Gasteiger partial charge in [-0.1, -0.05) is 26.0 Å². The Morgan fingerprint density at radius 3 is 2.52 bits per heavy atom. The summed E-state index contributed by atoms with van der Waals surface area (Å²) in [6.07, 6.45) is 0.0166. The maximum Gasteiger partial charge on any atom is 0.228 e. The van der Waals surface area contributed by atoms with E-state index in [9.17, 15) is 14.0 Å². The molecule has 2 aromatic rings. The zero-order valence-corrected chi connectivity index (χ0v) is 18.3. The predicted octanol–water partition coefficient (Wildman–Crippen LogP) is 4.56. The Morgan fingerprint density at radius 2 is 1.84 bits per heavy atom. The lowest BCUT2D eigenvalue weighted by Crippen LogP contribution is -2.38. The first-order valence-corrected chi connectivity index (χ1v) is 10.6. The maximum absolute atomic E-state index is 13.6. The summed E-state index contributed by atoms with van der Waals surface area (Å²) in [4.78, 5) is 25.3. The number of fused-ring (bicyclic) bond motifs is 1. The Morgan fingerprint density at radius 1 is 1.13 bits per heavy atom. The lowest BCUT2D eigenvalue weighted by Gasteiger charge is -2.29. The van der Waals surface area contributed by atoms with Gasteiger partial charge >= 0.3 is 0 Å². The molecule has 0 radical (unpaired) electrons. The van der Waals surface area contributed by atoms with Crippen LogP contribution in [0.2, 0.25) is 0 Å². The van der Waals surface area contributed by atoms with Gasteiger partial charge in [-0.05, 0) is 55.2 Å². The third-order valence-electron chi connectivity index (χ3n) is 5.26. The summed E-state index contributed by atoms with van der Waals surface area (Å²) >= 11 is 0. The highest BCUT2D eigenvalue weighted by atomic mass is 19.1. The van der Waals surface area contributed by atoms with E-state index < -0.39 is 11.7 Å². The molecule has 0 saturated heterocycles. The molecule has 2 amide bonds. The summed E-state index contributed by atoms with van der Waals surface area (Å²) in [7, 11) is 0. The Balaban J connectivity index is 1.88. The van der Waals surface area contributed by atoms with Crippen molar-refractivity contribution in [2.45, 2.75) is 46.1 Å². The molecule has 3 rings (SSSR count). The number of rotatable bonds is 8. The van der Waals surface area contributed by atoms with E-state index in [2.05, 4.69) is 10.6 Å². The van der Waals surface area contributed by atoms with E-state index in [1.54, 1.807) is 6.07 Å². The average Bonchev–Trinajstić information content (AvgIpc) is 2.72. The fourth-order valence-electron chi connectivity index (χ4n) is 3.82. The molecule has 2 N–H and O–H groups in total. The number of carbonyl (C=O) groups excluding carboxylic acids is 2. The summed E-state index contributed by atoms with van der Waals surface area (Å²) in [5.74, 6) is -0.354. The van der Waals surface area contributed by atoms with E-state index in [4.69, 9.17) is 9.47 Å². The second-order valence-electron chi connectivity index (χ2n) is 7.84. The molecule has 0 aromatic heterocycles. The van der Waals surface area contributed by atoms with Crippen LogP contribution in [0.5, 0.6) is 11.5 Å². The van der Waals surface area contributed by atoms with E-state index in [-0.39, 0.29) is 30.2 Å². The zero-order valence-electron chi connectivity index (χ0n) is 18.3. The Hall–Kier alpha value is -3.09. The van der Waals surface area contributed by atoms with E-state index in [0.717, 1.165) is 5.56 Å². The van der Waals surface area contributed by atoms with Crippen LogP contribution in [0.1, 0.15) is 57.2 Å². The van der Waals surface area contributed by atoms with Crippen molar-refractivity contribution in [1.29, 1.82) is 0 Å². The van der Waals surface area contributed by atoms with Gasteiger partial charge in [-0.2, -0.15) is 0 Å². The number of nitrogens with one attached hydrogen (secondary N) is 2. The van der Waals surface area contributed by atoms with Gasteiger partial charge in [-0.25, -0.2) is 4.39 Å². The highest BCUT2D eigenvalue weighted by Gasteiger charge is 2.33. The molecule has 6 nitrogen and oxygen atoms in total. The topological polar surface area (TPSA) is 76.7 Å². The third-order valence-corrected chi connectivity index (χ3v) is 5.26. The number of amides is 2. The molecule has 0 bridgehead atoms. The molecule has 2 atom stereocenters. The lowest BCUT2D eigenvalue weighted by molar-refractivity contribution is -0.127. The number of benzene rings is 2. The van der Waals surface area contributed by atoms with Crippen molar-refractivity contribution in [3.05, 3.63) is 53.3 Å². The molecule has 0 aliphatic carbocycles. The largest absolute Gasteiger partial charge is 0.490 e. The number of hydrogen-bond acceptors (Lipinski definition) is 4. The van der Waals surface area contributed by atoms with Crippen LogP contribution in [0.4, 0.5) is 10.1 Å². The van der Waals surface area contributed by atoms with Gasteiger partial charge in [-0.15, -0.1) is 0 Å². The van der Waals surface area contributed by atoms with Gasteiger partial charge in [0.1, 0.15) is 5.82 Å². The zero-order chi connectivity index (χ0) is 22.5. The molecule has 2 unspecified atom stereocenters. The summed E-state index contributed by atoms with van der Waals surface area (Å²) in [6, 6.07) is 9.45. The fraction of sp³-hybridized carbons (Fsp3) is 0.417. The minimum absolute atomic E-state index is 0.0166. The molecule has 0 saturated carbocycles. The monoisotopic (exact) mass is 428 g/mol. The molecular formula is C24H29FN2O4. The van der Waals surface area contributed by atoms with Crippen LogP contribution in [-0.4, -0.2) is 25.0 Å². The highest BCUT2D eigenvalue weighted by molar-refractivity contribution is 6.01. The summed E-state index contributed by atoms with van der Waals surface area (Å²) < 4.78 is 25.0. The first kappa shape index (κ1) is 22.6. The van der Waals surface area contributed by atoms with Crippen LogP contribution >= 0.6 is 0 Å². The molecule has 166 valence electrons. The molecule has 2 aromatic carbocycles. The van der Waals surface area contributed by atoms with Crippen molar-refractivity contribution in [3.63, 3.8) is 0 Å². The number of anilines is 1. The van der Waals surface area contributed by atoms with Gasteiger partial charge in [0.15, 0.2) is 11.5 Å². The quantitative estimate of drug-likeness (QED) is 0.646. The van der Waals surface area contributed by atoms with Crippen LogP contribution in [0.15, 0.2) is 36.4 Å². The highest BCUT2D eigenvalue weighted by Crippen LogP contribution is 2.36. The third kappa shape index (κ3) is 5.16. The van der Waals surface area contributed by atoms with E-state index in [0.29, 0.717) is 36.0 Å². The van der Waals surface area contributed by atoms with Crippen molar-refractivity contribution < 1.29 is 23.5 Å². The van der Waals surface area contributed by atoms with Crippen LogP contribution in [-0.2, 0) is 9.59 Å². The molecule has 1 aliphatic rings.